The first-order valence-electron chi connectivity index (χ1n) is 8.75. The van der Waals surface area contributed by atoms with Gasteiger partial charge in [-0.05, 0) is 50.1 Å². The maximum atomic E-state index is 12.8. The molecule has 0 aliphatic heterocycles. The lowest BCUT2D eigenvalue weighted by Gasteiger charge is -2.15. The molecule has 8 heteroatoms. The number of nitriles is 1. The Bertz CT molecular complexity index is 1070. The zero-order valence-corrected chi connectivity index (χ0v) is 17.7. The Morgan fingerprint density at radius 3 is 2.82 bits per heavy atom. The molecular weight excluding hydrogens is 392 g/mol. The number of thiazole rings is 1. The van der Waals surface area contributed by atoms with Crippen LogP contribution >= 0.6 is 23.1 Å². The van der Waals surface area contributed by atoms with Gasteiger partial charge in [0.05, 0.1) is 28.1 Å². The lowest BCUT2D eigenvalue weighted by molar-refractivity contribution is -0.115. The maximum absolute atomic E-state index is 12.8. The number of ether oxygens (including phenoxy) is 1. The predicted octanol–water partition coefficient (Wildman–Crippen LogP) is 4.70. The summed E-state index contributed by atoms with van der Waals surface area (Å²) in [4.78, 5) is 21.8. The molecule has 144 valence electrons. The molecule has 0 spiro atoms. The monoisotopic (exact) mass is 412 g/mol. The number of aromatic nitrogens is 2. The second kappa shape index (κ2) is 8.59. The van der Waals surface area contributed by atoms with Crippen LogP contribution in [0.5, 0.6) is 5.75 Å². The molecule has 0 radical (unpaired) electrons. The molecule has 0 aliphatic carbocycles. The van der Waals surface area contributed by atoms with Crippen molar-refractivity contribution in [1.82, 2.24) is 9.97 Å². The van der Waals surface area contributed by atoms with Crippen molar-refractivity contribution in [2.75, 3.05) is 12.4 Å². The number of methoxy groups -OCH3 is 1. The van der Waals surface area contributed by atoms with Crippen molar-refractivity contribution >= 4 is 44.4 Å². The number of benzene rings is 1. The number of anilines is 1. The lowest BCUT2D eigenvalue weighted by atomic mass is 10.1. The highest BCUT2D eigenvalue weighted by Gasteiger charge is 2.22. The number of nitrogens with one attached hydrogen (secondary N) is 1. The molecule has 0 aliphatic rings. The molecule has 1 N–H and O–H groups in total. The van der Waals surface area contributed by atoms with Gasteiger partial charge in [0.1, 0.15) is 16.8 Å². The minimum Gasteiger partial charge on any atom is -0.497 e. The molecule has 1 amide bonds. The Balaban J connectivity index is 1.80. The summed E-state index contributed by atoms with van der Waals surface area (Å²) in [5, 5.41) is 13.1. The topological polar surface area (TPSA) is 87.9 Å². The molecular formula is C20H20N4O2S2. The zero-order chi connectivity index (χ0) is 20.3. The summed E-state index contributed by atoms with van der Waals surface area (Å²) in [5.41, 5.74) is 3.03. The van der Waals surface area contributed by atoms with E-state index in [0.717, 1.165) is 27.2 Å². The van der Waals surface area contributed by atoms with Gasteiger partial charge < -0.3 is 10.1 Å². The summed E-state index contributed by atoms with van der Waals surface area (Å²) in [5.74, 6) is 0.601. The van der Waals surface area contributed by atoms with Crippen LogP contribution in [0.1, 0.15) is 30.2 Å². The zero-order valence-electron chi connectivity index (χ0n) is 16.1. The van der Waals surface area contributed by atoms with E-state index in [0.29, 0.717) is 22.1 Å². The molecule has 1 unspecified atom stereocenters. The molecule has 28 heavy (non-hydrogen) atoms. The van der Waals surface area contributed by atoms with Crippen molar-refractivity contribution in [2.45, 2.75) is 37.5 Å². The van der Waals surface area contributed by atoms with Gasteiger partial charge in [-0.3, -0.25) is 4.79 Å². The van der Waals surface area contributed by atoms with Crippen LogP contribution in [0.2, 0.25) is 0 Å². The molecule has 1 atom stereocenters. The van der Waals surface area contributed by atoms with Crippen LogP contribution in [-0.4, -0.2) is 28.2 Å². The number of fused-ring (bicyclic) bond motifs is 1. The third kappa shape index (κ3) is 4.26. The number of pyridine rings is 1. The van der Waals surface area contributed by atoms with E-state index in [1.165, 1.54) is 23.1 Å². The number of carbonyl (C=O) groups is 1. The normalized spacial score (nSPS) is 11.8. The van der Waals surface area contributed by atoms with Gasteiger partial charge in [-0.1, -0.05) is 30.0 Å². The van der Waals surface area contributed by atoms with E-state index in [-0.39, 0.29) is 11.2 Å². The first-order chi connectivity index (χ1) is 13.4. The van der Waals surface area contributed by atoms with Crippen LogP contribution in [0.3, 0.4) is 0 Å². The third-order valence-corrected chi connectivity index (χ3v) is 6.45. The summed E-state index contributed by atoms with van der Waals surface area (Å²) in [6.07, 6.45) is 0.606. The SMILES string of the molecule is CCC(Sc1nc(C)cc(C)c1C#N)C(=O)Nc1nc2ccc(OC)cc2s1. The van der Waals surface area contributed by atoms with Crippen LogP contribution in [0.4, 0.5) is 5.13 Å². The molecule has 2 heterocycles. The van der Waals surface area contributed by atoms with Crippen molar-refractivity contribution in [1.29, 1.82) is 5.26 Å². The first kappa shape index (κ1) is 20.1. The Labute approximate surface area is 172 Å². The molecule has 1 aromatic carbocycles. The number of nitrogens with zero attached hydrogens (tertiary/aromatic N) is 3. The highest BCUT2D eigenvalue weighted by molar-refractivity contribution is 8.00. The fourth-order valence-corrected chi connectivity index (χ4v) is 4.77. The number of hydrogen-bond donors (Lipinski definition) is 1. The molecule has 3 rings (SSSR count). The van der Waals surface area contributed by atoms with Gasteiger partial charge in [-0.25, -0.2) is 9.97 Å². The first-order valence-corrected chi connectivity index (χ1v) is 10.4. The molecule has 3 aromatic rings. The van der Waals surface area contributed by atoms with E-state index in [1.807, 2.05) is 45.0 Å². The summed E-state index contributed by atoms with van der Waals surface area (Å²) < 4.78 is 6.17. The number of amides is 1. The van der Waals surface area contributed by atoms with E-state index in [1.54, 1.807) is 7.11 Å². The van der Waals surface area contributed by atoms with Crippen molar-refractivity contribution in [3.8, 4) is 11.8 Å². The van der Waals surface area contributed by atoms with Gasteiger partial charge in [0.15, 0.2) is 5.13 Å². The van der Waals surface area contributed by atoms with E-state index in [9.17, 15) is 10.1 Å². The molecule has 0 fully saturated rings. The van der Waals surface area contributed by atoms with Gasteiger partial charge in [-0.2, -0.15) is 5.26 Å². The Hall–Kier alpha value is -2.63. The van der Waals surface area contributed by atoms with Gasteiger partial charge >= 0.3 is 0 Å². The Morgan fingerprint density at radius 2 is 2.14 bits per heavy atom. The van der Waals surface area contributed by atoms with Gasteiger partial charge in [-0.15, -0.1) is 0 Å². The molecule has 2 aromatic heterocycles. The third-order valence-electron chi connectivity index (χ3n) is 4.17. The van der Waals surface area contributed by atoms with Crippen LogP contribution < -0.4 is 10.1 Å². The van der Waals surface area contributed by atoms with Crippen molar-refractivity contribution in [2.24, 2.45) is 0 Å². The largest absolute Gasteiger partial charge is 0.497 e. The molecule has 0 saturated carbocycles. The lowest BCUT2D eigenvalue weighted by Crippen LogP contribution is -2.24. The van der Waals surface area contributed by atoms with Crippen LogP contribution in [0, 0.1) is 25.2 Å². The summed E-state index contributed by atoms with van der Waals surface area (Å²) in [6.45, 7) is 5.71. The Kier molecular flexibility index (Phi) is 6.17. The van der Waals surface area contributed by atoms with Gasteiger partial charge in [0, 0.05) is 5.69 Å². The average molecular weight is 413 g/mol. The predicted molar refractivity (Wildman–Crippen MR) is 113 cm³/mol. The molecule has 0 saturated heterocycles. The smallest absolute Gasteiger partial charge is 0.239 e. The van der Waals surface area contributed by atoms with Crippen LogP contribution in [-0.2, 0) is 4.79 Å². The fraction of sp³-hybridized carbons (Fsp3) is 0.300. The molecule has 6 nitrogen and oxygen atoms in total. The van der Waals surface area contributed by atoms with Crippen molar-refractivity contribution < 1.29 is 9.53 Å². The summed E-state index contributed by atoms with van der Waals surface area (Å²) in [7, 11) is 1.62. The van der Waals surface area contributed by atoms with E-state index >= 15 is 0 Å². The number of hydrogen-bond acceptors (Lipinski definition) is 7. The van der Waals surface area contributed by atoms with Crippen molar-refractivity contribution in [3.63, 3.8) is 0 Å². The number of carbonyl (C=O) groups excluding carboxylic acids is 1. The summed E-state index contributed by atoms with van der Waals surface area (Å²) >= 11 is 2.72. The van der Waals surface area contributed by atoms with E-state index < -0.39 is 0 Å². The van der Waals surface area contributed by atoms with Gasteiger partial charge in [0.25, 0.3) is 0 Å². The fourth-order valence-electron chi connectivity index (χ4n) is 2.75. The quantitative estimate of drug-likeness (QED) is 0.591. The highest BCUT2D eigenvalue weighted by Crippen LogP contribution is 2.32. The Morgan fingerprint density at radius 1 is 1.36 bits per heavy atom. The maximum Gasteiger partial charge on any atom is 0.239 e. The van der Waals surface area contributed by atoms with E-state index in [2.05, 4.69) is 21.4 Å². The standard InChI is InChI=1S/C20H20N4O2S2/c1-5-16(27-19-14(10-21)11(2)8-12(3)22-19)18(25)24-20-23-15-7-6-13(26-4)9-17(15)28-20/h6-9,16H,5H2,1-4H3,(H,23,24,25). The summed E-state index contributed by atoms with van der Waals surface area (Å²) in [6, 6.07) is 9.68. The average Bonchev–Trinajstić information content (AvgIpc) is 3.06. The minimum absolute atomic E-state index is 0.150. The highest BCUT2D eigenvalue weighted by atomic mass is 32.2. The number of aryl methyl sites for hydroxylation is 2. The second-order valence-electron chi connectivity index (χ2n) is 6.23. The molecule has 0 bridgehead atoms. The van der Waals surface area contributed by atoms with E-state index in [4.69, 9.17) is 4.74 Å². The number of thioether (sulfide) groups is 1. The van der Waals surface area contributed by atoms with Crippen LogP contribution in [0.25, 0.3) is 10.2 Å². The minimum atomic E-state index is -0.373. The van der Waals surface area contributed by atoms with Crippen molar-refractivity contribution in [3.05, 3.63) is 41.1 Å². The van der Waals surface area contributed by atoms with Gasteiger partial charge in [0.2, 0.25) is 5.91 Å². The number of rotatable bonds is 6. The van der Waals surface area contributed by atoms with Crippen LogP contribution in [0.15, 0.2) is 29.3 Å². The second-order valence-corrected chi connectivity index (χ2v) is 8.45.